The van der Waals surface area contributed by atoms with Crippen molar-refractivity contribution in [3.05, 3.63) is 89.1 Å². The van der Waals surface area contributed by atoms with Crippen molar-refractivity contribution >= 4 is 11.5 Å². The fraction of sp³-hybridized carbons (Fsp3) is 0.261. The minimum Gasteiger partial charge on any atom is -0.313 e. The van der Waals surface area contributed by atoms with Crippen LogP contribution in [-0.4, -0.2) is 24.2 Å². The third-order valence-corrected chi connectivity index (χ3v) is 4.50. The topological polar surface area (TPSA) is 61.4 Å². The highest BCUT2D eigenvalue weighted by Crippen LogP contribution is 2.21. The van der Waals surface area contributed by atoms with Crippen molar-refractivity contribution in [3.63, 3.8) is 0 Å². The lowest BCUT2D eigenvalue weighted by Gasteiger charge is -2.12. The van der Waals surface area contributed by atoms with E-state index in [4.69, 9.17) is 5.21 Å². The number of benzene rings is 1. The smallest absolute Gasteiger partial charge is 0.267 e. The molecule has 1 aliphatic carbocycles. The second-order valence-corrected chi connectivity index (χ2v) is 6.46. The maximum absolute atomic E-state index is 11.1. The summed E-state index contributed by atoms with van der Waals surface area (Å²) in [7, 11) is 0. The lowest BCUT2D eigenvalue weighted by atomic mass is 9.98. The van der Waals surface area contributed by atoms with Gasteiger partial charge in [0.05, 0.1) is 0 Å². The van der Waals surface area contributed by atoms with Crippen molar-refractivity contribution in [2.24, 2.45) is 0 Å². The summed E-state index contributed by atoms with van der Waals surface area (Å²) >= 11 is 0. The van der Waals surface area contributed by atoms with Crippen molar-refractivity contribution in [2.75, 3.05) is 13.1 Å². The summed E-state index contributed by atoms with van der Waals surface area (Å²) in [6.45, 7) is 6.00. The number of hydrogen-bond donors (Lipinski definition) is 3. The molecule has 0 aliphatic heterocycles. The number of aryl methyl sites for hydroxylation is 1. The Hall–Kier alpha value is -2.69. The zero-order valence-electron chi connectivity index (χ0n) is 16.0. The van der Waals surface area contributed by atoms with E-state index in [0.29, 0.717) is 0 Å². The van der Waals surface area contributed by atoms with E-state index in [-0.39, 0.29) is 0 Å². The molecule has 0 spiro atoms. The minimum absolute atomic E-state index is 0.534. The minimum atomic E-state index is -0.534. The van der Waals surface area contributed by atoms with Crippen LogP contribution in [0.2, 0.25) is 0 Å². The van der Waals surface area contributed by atoms with Crippen LogP contribution in [0.3, 0.4) is 0 Å². The maximum atomic E-state index is 11.1. The molecule has 0 heterocycles. The standard InChI is InChI=1S/C23H28N2O2/c1-3-21(22-10-5-4-7-18(22)2)15-16-24-17-20-9-6-8-19(11-12-20)13-14-23(26)25-27/h3-8,10-14,24,27H,9,15-17H2,1-2H3,(H,25,26)/b14-13+,21-3-. The van der Waals surface area contributed by atoms with Crippen LogP contribution in [0.4, 0.5) is 0 Å². The van der Waals surface area contributed by atoms with Gasteiger partial charge in [0, 0.05) is 12.6 Å². The highest BCUT2D eigenvalue weighted by Gasteiger charge is 2.04. The van der Waals surface area contributed by atoms with Crippen LogP contribution in [0.5, 0.6) is 0 Å². The van der Waals surface area contributed by atoms with E-state index in [1.807, 2.05) is 12.2 Å². The molecule has 0 radical (unpaired) electrons. The Morgan fingerprint density at radius 3 is 2.81 bits per heavy atom. The van der Waals surface area contributed by atoms with Crippen LogP contribution in [0.1, 0.15) is 30.9 Å². The molecular weight excluding hydrogens is 336 g/mol. The molecule has 27 heavy (non-hydrogen) atoms. The molecule has 2 rings (SSSR count). The molecule has 1 aliphatic rings. The van der Waals surface area contributed by atoms with E-state index in [9.17, 15) is 4.79 Å². The van der Waals surface area contributed by atoms with Crippen LogP contribution in [-0.2, 0) is 4.79 Å². The molecule has 0 fully saturated rings. The molecule has 0 saturated heterocycles. The van der Waals surface area contributed by atoms with Crippen LogP contribution in [0.15, 0.2) is 77.9 Å². The molecule has 4 heteroatoms. The van der Waals surface area contributed by atoms with Crippen molar-refractivity contribution in [1.29, 1.82) is 0 Å². The fourth-order valence-electron chi connectivity index (χ4n) is 2.98. The summed E-state index contributed by atoms with van der Waals surface area (Å²) in [5.74, 6) is -0.534. The van der Waals surface area contributed by atoms with Gasteiger partial charge in [-0.3, -0.25) is 10.0 Å². The van der Waals surface area contributed by atoms with E-state index < -0.39 is 5.91 Å². The molecule has 0 aromatic heterocycles. The van der Waals surface area contributed by atoms with E-state index >= 15 is 0 Å². The summed E-state index contributed by atoms with van der Waals surface area (Å²) in [4.78, 5) is 11.1. The van der Waals surface area contributed by atoms with Gasteiger partial charge < -0.3 is 5.32 Å². The molecule has 0 unspecified atom stereocenters. The Bertz CT molecular complexity index is 798. The first-order valence-electron chi connectivity index (χ1n) is 9.24. The highest BCUT2D eigenvalue weighted by molar-refractivity contribution is 5.87. The average Bonchev–Trinajstić information content (AvgIpc) is 2.92. The van der Waals surface area contributed by atoms with Crippen molar-refractivity contribution in [2.45, 2.75) is 26.7 Å². The molecule has 4 nitrogen and oxygen atoms in total. The Morgan fingerprint density at radius 1 is 1.26 bits per heavy atom. The number of nitrogens with one attached hydrogen (secondary N) is 2. The number of amides is 1. The van der Waals surface area contributed by atoms with Gasteiger partial charge in [0.15, 0.2) is 0 Å². The highest BCUT2D eigenvalue weighted by atomic mass is 16.5. The van der Waals surface area contributed by atoms with Crippen LogP contribution in [0.25, 0.3) is 5.57 Å². The maximum Gasteiger partial charge on any atom is 0.267 e. The van der Waals surface area contributed by atoms with Gasteiger partial charge in [-0.2, -0.15) is 0 Å². The summed E-state index contributed by atoms with van der Waals surface area (Å²) in [6, 6.07) is 8.49. The van der Waals surface area contributed by atoms with Crippen molar-refractivity contribution < 1.29 is 10.0 Å². The molecule has 1 amide bonds. The predicted octanol–water partition coefficient (Wildman–Crippen LogP) is 4.25. The van der Waals surface area contributed by atoms with Gasteiger partial charge >= 0.3 is 0 Å². The summed E-state index contributed by atoms with van der Waals surface area (Å²) in [5, 5.41) is 12.0. The Labute approximate surface area is 161 Å². The molecule has 3 N–H and O–H groups in total. The summed E-state index contributed by atoms with van der Waals surface area (Å²) in [6.07, 6.45) is 15.2. The van der Waals surface area contributed by atoms with E-state index in [0.717, 1.165) is 31.5 Å². The second-order valence-electron chi connectivity index (χ2n) is 6.46. The fourth-order valence-corrected chi connectivity index (χ4v) is 2.98. The predicted molar refractivity (Wildman–Crippen MR) is 111 cm³/mol. The van der Waals surface area contributed by atoms with Gasteiger partial charge in [-0.05, 0) is 61.6 Å². The zero-order valence-corrected chi connectivity index (χ0v) is 16.0. The van der Waals surface area contributed by atoms with Gasteiger partial charge in [0.25, 0.3) is 5.91 Å². The van der Waals surface area contributed by atoms with Crippen LogP contribution >= 0.6 is 0 Å². The van der Waals surface area contributed by atoms with E-state index in [2.05, 4.69) is 61.7 Å². The Kier molecular flexibility index (Phi) is 8.49. The number of carbonyl (C=O) groups is 1. The van der Waals surface area contributed by atoms with Crippen molar-refractivity contribution in [1.82, 2.24) is 10.8 Å². The lowest BCUT2D eigenvalue weighted by molar-refractivity contribution is -0.124. The number of allylic oxidation sites excluding steroid dienone is 7. The van der Waals surface area contributed by atoms with Gasteiger partial charge in [-0.1, -0.05) is 60.2 Å². The molecule has 1 aromatic carbocycles. The quantitative estimate of drug-likeness (QED) is 0.280. The van der Waals surface area contributed by atoms with Gasteiger partial charge in [0.1, 0.15) is 0 Å². The van der Waals surface area contributed by atoms with Crippen molar-refractivity contribution in [3.8, 4) is 0 Å². The zero-order chi connectivity index (χ0) is 19.5. The summed E-state index contributed by atoms with van der Waals surface area (Å²) < 4.78 is 0. The molecule has 0 bridgehead atoms. The molecule has 0 saturated carbocycles. The SMILES string of the molecule is C/C=C(/CCNCC1=CC=C(/C=C/C(=O)NO)C=CC1)c1ccccc1C. The van der Waals surface area contributed by atoms with Gasteiger partial charge in [-0.15, -0.1) is 0 Å². The summed E-state index contributed by atoms with van der Waals surface area (Å²) in [5.41, 5.74) is 7.79. The third-order valence-electron chi connectivity index (χ3n) is 4.50. The Morgan fingerprint density at radius 2 is 2.07 bits per heavy atom. The first-order valence-corrected chi connectivity index (χ1v) is 9.24. The number of hydroxylamine groups is 1. The molecule has 142 valence electrons. The third kappa shape index (κ3) is 6.85. The number of hydrogen-bond acceptors (Lipinski definition) is 3. The number of carbonyl (C=O) groups excluding carboxylic acids is 1. The molecule has 0 atom stereocenters. The second kappa shape index (κ2) is 11.1. The van der Waals surface area contributed by atoms with Crippen LogP contribution < -0.4 is 10.8 Å². The monoisotopic (exact) mass is 364 g/mol. The largest absolute Gasteiger partial charge is 0.313 e. The van der Waals surface area contributed by atoms with Crippen LogP contribution in [0, 0.1) is 6.92 Å². The normalized spacial score (nSPS) is 14.7. The Balaban J connectivity index is 1.85. The van der Waals surface area contributed by atoms with Gasteiger partial charge in [0.2, 0.25) is 0 Å². The van der Waals surface area contributed by atoms with Gasteiger partial charge in [-0.25, -0.2) is 5.48 Å². The molecular formula is C23H28N2O2. The lowest BCUT2D eigenvalue weighted by Crippen LogP contribution is -2.18. The first kappa shape index (κ1) is 20.6. The number of rotatable bonds is 8. The molecule has 1 aromatic rings. The van der Waals surface area contributed by atoms with E-state index in [1.165, 1.54) is 28.3 Å². The average molecular weight is 364 g/mol. The van der Waals surface area contributed by atoms with E-state index in [1.54, 1.807) is 11.6 Å². The first-order chi connectivity index (χ1) is 13.1.